The van der Waals surface area contributed by atoms with Gasteiger partial charge < -0.3 is 0 Å². The quantitative estimate of drug-likeness (QED) is 0.448. The van der Waals surface area contributed by atoms with Gasteiger partial charge in [-0.2, -0.15) is 5.10 Å². The van der Waals surface area contributed by atoms with Crippen molar-refractivity contribution in [3.63, 3.8) is 0 Å². The van der Waals surface area contributed by atoms with Crippen molar-refractivity contribution >= 4 is 34.2 Å². The third-order valence-corrected chi connectivity index (χ3v) is 4.86. The summed E-state index contributed by atoms with van der Waals surface area (Å²) in [6.07, 6.45) is 2.82. The predicted molar refractivity (Wildman–Crippen MR) is 116 cm³/mol. The van der Waals surface area contributed by atoms with Crippen molar-refractivity contribution in [3.05, 3.63) is 75.2 Å². The van der Waals surface area contributed by atoms with E-state index in [0.29, 0.717) is 22.3 Å². The van der Waals surface area contributed by atoms with Crippen LogP contribution in [-0.2, 0) is 17.8 Å². The zero-order valence-corrected chi connectivity index (χ0v) is 17.4. The number of hydrogen-bond acceptors (Lipinski definition) is 4. The fourth-order valence-electron chi connectivity index (χ4n) is 3.13. The lowest BCUT2D eigenvalue weighted by Crippen LogP contribution is -2.43. The number of nitrogens with zero attached hydrogens (tertiary/aromatic N) is 2. The topological polar surface area (TPSA) is 93.1 Å². The lowest BCUT2D eigenvalue weighted by atomic mass is 10.1. The zero-order chi connectivity index (χ0) is 21.5. The molecule has 8 heteroatoms. The maximum absolute atomic E-state index is 12.7. The molecule has 30 heavy (non-hydrogen) atoms. The number of fused-ring (bicyclic) bond motifs is 1. The van der Waals surface area contributed by atoms with Gasteiger partial charge in [-0.25, -0.2) is 4.68 Å². The van der Waals surface area contributed by atoms with Crippen molar-refractivity contribution < 1.29 is 9.59 Å². The van der Waals surface area contributed by atoms with Crippen molar-refractivity contribution in [3.8, 4) is 0 Å². The summed E-state index contributed by atoms with van der Waals surface area (Å²) in [6.45, 7) is 2.50. The summed E-state index contributed by atoms with van der Waals surface area (Å²) in [5, 5.41) is 5.66. The minimum atomic E-state index is -0.588. The molecule has 1 aromatic heterocycles. The number of aromatic nitrogens is 2. The Hall–Kier alpha value is -3.19. The SMILES string of the molecule is CCCCCn1nc(C(=O)NNC(=O)Cc2cccc(Cl)c2)c2ccccc2c1=O. The zero-order valence-electron chi connectivity index (χ0n) is 16.7. The highest BCUT2D eigenvalue weighted by molar-refractivity contribution is 6.30. The van der Waals surface area contributed by atoms with E-state index in [4.69, 9.17) is 11.6 Å². The number of benzene rings is 2. The number of nitrogens with one attached hydrogen (secondary N) is 2. The Kier molecular flexibility index (Phi) is 7.19. The number of amides is 2. The molecule has 2 aromatic carbocycles. The van der Waals surface area contributed by atoms with E-state index in [9.17, 15) is 14.4 Å². The van der Waals surface area contributed by atoms with Crippen LogP contribution in [0.3, 0.4) is 0 Å². The monoisotopic (exact) mass is 426 g/mol. The molecular weight excluding hydrogens is 404 g/mol. The third-order valence-electron chi connectivity index (χ3n) is 4.63. The minimum Gasteiger partial charge on any atom is -0.273 e. The molecule has 2 N–H and O–H groups in total. The minimum absolute atomic E-state index is 0.0610. The standard InChI is InChI=1S/C22H23ClN4O3/c1-2-3-6-12-27-22(30)18-11-5-4-10-17(18)20(26-27)21(29)25-24-19(28)14-15-8-7-9-16(23)13-15/h4-5,7-11,13H,2-3,6,12,14H2,1H3,(H,24,28)(H,25,29). The lowest BCUT2D eigenvalue weighted by molar-refractivity contribution is -0.121. The van der Waals surface area contributed by atoms with Gasteiger partial charge in [0.05, 0.1) is 11.8 Å². The maximum Gasteiger partial charge on any atom is 0.290 e. The Bertz CT molecular complexity index is 1130. The molecule has 1 heterocycles. The predicted octanol–water partition coefficient (Wildman–Crippen LogP) is 3.24. The molecule has 0 fully saturated rings. The van der Waals surface area contributed by atoms with Crippen molar-refractivity contribution in [2.45, 2.75) is 39.2 Å². The van der Waals surface area contributed by atoms with Gasteiger partial charge in [0.1, 0.15) is 0 Å². The molecule has 0 aliphatic heterocycles. The van der Waals surface area contributed by atoms with Gasteiger partial charge in [0.15, 0.2) is 5.69 Å². The smallest absolute Gasteiger partial charge is 0.273 e. The van der Waals surface area contributed by atoms with E-state index in [0.717, 1.165) is 24.8 Å². The largest absolute Gasteiger partial charge is 0.290 e. The van der Waals surface area contributed by atoms with E-state index in [1.807, 2.05) is 0 Å². The number of unbranched alkanes of at least 4 members (excludes halogenated alkanes) is 2. The molecule has 0 saturated heterocycles. The number of aryl methyl sites for hydroxylation is 1. The molecule has 0 aliphatic carbocycles. The third kappa shape index (κ3) is 5.24. The number of carbonyl (C=O) groups excluding carboxylic acids is 2. The molecule has 3 aromatic rings. The van der Waals surface area contributed by atoms with Crippen molar-refractivity contribution in [1.82, 2.24) is 20.6 Å². The second-order valence-corrected chi connectivity index (χ2v) is 7.38. The first-order chi connectivity index (χ1) is 14.5. The fourth-order valence-corrected chi connectivity index (χ4v) is 3.34. The molecule has 0 bridgehead atoms. The van der Waals surface area contributed by atoms with E-state index in [1.54, 1.807) is 48.5 Å². The van der Waals surface area contributed by atoms with Gasteiger partial charge in [-0.1, -0.05) is 61.7 Å². The number of halogens is 1. The fraction of sp³-hybridized carbons (Fsp3) is 0.273. The molecule has 0 spiro atoms. The van der Waals surface area contributed by atoms with Crippen LogP contribution in [0.4, 0.5) is 0 Å². The summed E-state index contributed by atoms with van der Waals surface area (Å²) in [5.74, 6) is -0.985. The summed E-state index contributed by atoms with van der Waals surface area (Å²) in [5.41, 5.74) is 5.36. The Morgan fingerprint density at radius 3 is 2.53 bits per heavy atom. The first-order valence-electron chi connectivity index (χ1n) is 9.83. The molecular formula is C22H23ClN4O3. The summed E-state index contributed by atoms with van der Waals surface area (Å²) in [4.78, 5) is 37.6. The van der Waals surface area contributed by atoms with Crippen molar-refractivity contribution in [2.24, 2.45) is 0 Å². The highest BCUT2D eigenvalue weighted by atomic mass is 35.5. The highest BCUT2D eigenvalue weighted by Gasteiger charge is 2.17. The van der Waals surface area contributed by atoms with Crippen LogP contribution in [0.1, 0.15) is 42.2 Å². The number of rotatable bonds is 7. The Balaban J connectivity index is 1.77. The lowest BCUT2D eigenvalue weighted by Gasteiger charge is -2.12. The number of hydrazine groups is 1. The van der Waals surface area contributed by atoms with Gasteiger partial charge in [0.25, 0.3) is 11.5 Å². The first-order valence-corrected chi connectivity index (χ1v) is 10.2. The van der Waals surface area contributed by atoms with Gasteiger partial charge in [-0.15, -0.1) is 0 Å². The number of carbonyl (C=O) groups is 2. The molecule has 156 valence electrons. The summed E-state index contributed by atoms with van der Waals surface area (Å²) in [7, 11) is 0. The van der Waals surface area contributed by atoms with E-state index in [1.165, 1.54) is 4.68 Å². The van der Waals surface area contributed by atoms with Gasteiger partial charge in [0, 0.05) is 17.0 Å². The van der Waals surface area contributed by atoms with Crippen LogP contribution >= 0.6 is 11.6 Å². The molecule has 0 atom stereocenters. The van der Waals surface area contributed by atoms with E-state index < -0.39 is 11.8 Å². The van der Waals surface area contributed by atoms with Gasteiger partial charge in [-0.3, -0.25) is 25.2 Å². The summed E-state index contributed by atoms with van der Waals surface area (Å²) in [6, 6.07) is 13.7. The van der Waals surface area contributed by atoms with E-state index >= 15 is 0 Å². The molecule has 0 radical (unpaired) electrons. The highest BCUT2D eigenvalue weighted by Crippen LogP contribution is 2.14. The van der Waals surface area contributed by atoms with E-state index in [-0.39, 0.29) is 17.7 Å². The second kappa shape index (κ2) is 10.0. The summed E-state index contributed by atoms with van der Waals surface area (Å²) >= 11 is 5.93. The Morgan fingerprint density at radius 1 is 1.03 bits per heavy atom. The van der Waals surface area contributed by atoms with E-state index in [2.05, 4.69) is 22.9 Å². The van der Waals surface area contributed by atoms with Crippen molar-refractivity contribution in [2.75, 3.05) is 0 Å². The van der Waals surface area contributed by atoms with Gasteiger partial charge in [0.2, 0.25) is 5.91 Å². The average molecular weight is 427 g/mol. The molecule has 7 nitrogen and oxygen atoms in total. The normalized spacial score (nSPS) is 10.7. The maximum atomic E-state index is 12.7. The van der Waals surface area contributed by atoms with Crippen LogP contribution in [-0.4, -0.2) is 21.6 Å². The molecule has 0 aliphatic rings. The van der Waals surface area contributed by atoms with Crippen LogP contribution in [0.2, 0.25) is 5.02 Å². The van der Waals surface area contributed by atoms with Crippen LogP contribution in [0, 0.1) is 0 Å². The van der Waals surface area contributed by atoms with Crippen LogP contribution in [0.15, 0.2) is 53.3 Å². The molecule has 0 saturated carbocycles. The van der Waals surface area contributed by atoms with Crippen LogP contribution in [0.25, 0.3) is 10.8 Å². The first kappa shape index (κ1) is 21.5. The summed E-state index contributed by atoms with van der Waals surface area (Å²) < 4.78 is 1.32. The van der Waals surface area contributed by atoms with Crippen molar-refractivity contribution in [1.29, 1.82) is 0 Å². The Morgan fingerprint density at radius 2 is 1.80 bits per heavy atom. The van der Waals surface area contributed by atoms with Crippen LogP contribution in [0.5, 0.6) is 0 Å². The Labute approximate surface area is 179 Å². The second-order valence-electron chi connectivity index (χ2n) is 6.94. The molecule has 2 amide bonds. The number of hydrogen-bond donors (Lipinski definition) is 2. The molecule has 3 rings (SSSR count). The van der Waals surface area contributed by atoms with Crippen LogP contribution < -0.4 is 16.4 Å². The van der Waals surface area contributed by atoms with Gasteiger partial charge in [-0.05, 0) is 30.2 Å². The van der Waals surface area contributed by atoms with Gasteiger partial charge >= 0.3 is 0 Å². The average Bonchev–Trinajstić information content (AvgIpc) is 2.74. The molecule has 0 unspecified atom stereocenters.